The number of carbonyl (C=O) groups is 1. The molecule has 0 saturated heterocycles. The Kier molecular flexibility index (Phi) is 15.3. The van der Waals surface area contributed by atoms with Crippen molar-refractivity contribution >= 4 is 24.2 Å². The van der Waals surface area contributed by atoms with Crippen LogP contribution in [0.4, 0.5) is 0 Å². The molecule has 1 rings (SSSR count). The van der Waals surface area contributed by atoms with Gasteiger partial charge in [0.25, 0.3) is 0 Å². The second-order valence-electron chi connectivity index (χ2n) is 2.85. The van der Waals surface area contributed by atoms with Gasteiger partial charge in [0.2, 0.25) is 0 Å². The standard InChI is InChI=1S/C11H11O5S.C2H6.Re/c1-17-8-16-11(13)9-2-4-10(5-3-9)15-7-14-6-12;1-2;/h2-5H,7-8H2,1H3;1-2H3;/q-1;;. The molecule has 0 aromatic heterocycles. The molecule has 0 amide bonds. The summed E-state index contributed by atoms with van der Waals surface area (Å²) in [6.07, 6.45) is 1.84. The molecule has 0 fully saturated rings. The molecule has 0 N–H and O–H groups in total. The van der Waals surface area contributed by atoms with Crippen molar-refractivity contribution < 1.29 is 44.2 Å². The molecule has 0 saturated carbocycles. The van der Waals surface area contributed by atoms with Gasteiger partial charge in [0, 0.05) is 20.4 Å². The van der Waals surface area contributed by atoms with Crippen LogP contribution in [0.25, 0.3) is 0 Å². The number of hydrogen-bond donors (Lipinski definition) is 0. The maximum Gasteiger partial charge on any atom is 0.338 e. The Bertz CT molecular complexity index is 370. The van der Waals surface area contributed by atoms with Crippen molar-refractivity contribution in [3.8, 4) is 5.75 Å². The molecule has 0 atom stereocenters. The Morgan fingerprint density at radius 3 is 2.35 bits per heavy atom. The third-order valence-corrected chi connectivity index (χ3v) is 2.09. The molecule has 0 aliphatic carbocycles. The quantitative estimate of drug-likeness (QED) is 0.264. The van der Waals surface area contributed by atoms with Crippen molar-refractivity contribution in [2.45, 2.75) is 13.8 Å². The molecule has 0 heterocycles. The summed E-state index contributed by atoms with van der Waals surface area (Å²) in [7, 11) is 0. The van der Waals surface area contributed by atoms with Gasteiger partial charge in [-0.15, -0.1) is 11.8 Å². The van der Waals surface area contributed by atoms with Crippen LogP contribution >= 0.6 is 11.8 Å². The van der Waals surface area contributed by atoms with Crippen molar-refractivity contribution in [3.05, 3.63) is 29.8 Å². The second kappa shape index (κ2) is 14.4. The number of carbonyl (C=O) groups excluding carboxylic acids is 2. The SMILES string of the molecule is CC.CSCOC(=O)c1ccc(OCO[C-]=O)cc1.[Re]. The molecule has 0 bridgehead atoms. The minimum atomic E-state index is -0.386. The molecular weight excluding hydrogens is 454 g/mol. The molecule has 1 aromatic carbocycles. The van der Waals surface area contributed by atoms with E-state index in [2.05, 4.69) is 4.74 Å². The maximum absolute atomic E-state index is 11.4. The van der Waals surface area contributed by atoms with Crippen LogP contribution in [-0.4, -0.2) is 31.4 Å². The van der Waals surface area contributed by atoms with E-state index >= 15 is 0 Å². The van der Waals surface area contributed by atoms with Crippen molar-refractivity contribution in [1.82, 2.24) is 0 Å². The van der Waals surface area contributed by atoms with Crippen LogP contribution in [0.1, 0.15) is 24.2 Å². The molecule has 1 aromatic rings. The van der Waals surface area contributed by atoms with Gasteiger partial charge in [-0.1, -0.05) is 20.3 Å². The number of benzene rings is 1. The molecule has 0 aliphatic heterocycles. The summed E-state index contributed by atoms with van der Waals surface area (Å²) in [6.45, 7) is 5.03. The fourth-order valence-electron chi connectivity index (χ4n) is 1.00. The Morgan fingerprint density at radius 2 is 1.85 bits per heavy atom. The molecule has 113 valence electrons. The molecule has 0 spiro atoms. The first-order chi connectivity index (χ1) is 9.27. The summed E-state index contributed by atoms with van der Waals surface area (Å²) < 4.78 is 14.2. The molecule has 0 aliphatic rings. The maximum atomic E-state index is 11.4. The van der Waals surface area contributed by atoms with Crippen LogP contribution < -0.4 is 4.74 Å². The Labute approximate surface area is 137 Å². The Balaban J connectivity index is 0. The fraction of sp³-hybridized carbons (Fsp3) is 0.385. The predicted octanol–water partition coefficient (Wildman–Crippen LogP) is 2.61. The predicted molar refractivity (Wildman–Crippen MR) is 73.9 cm³/mol. The molecular formula is C13H17O5ReS-. The van der Waals surface area contributed by atoms with Gasteiger partial charge in [-0.3, -0.25) is 0 Å². The minimum absolute atomic E-state index is 0. The van der Waals surface area contributed by atoms with Gasteiger partial charge in [-0.25, -0.2) is 4.79 Å². The second-order valence-corrected chi connectivity index (χ2v) is 3.67. The average Bonchev–Trinajstić information content (AvgIpc) is 2.48. The summed E-state index contributed by atoms with van der Waals surface area (Å²) in [5.41, 5.74) is 0.439. The van der Waals surface area contributed by atoms with Crippen molar-refractivity contribution in [3.63, 3.8) is 0 Å². The van der Waals surface area contributed by atoms with Gasteiger partial charge >= 0.3 is 5.97 Å². The summed E-state index contributed by atoms with van der Waals surface area (Å²) in [6, 6.07) is 6.32. The number of thioether (sulfide) groups is 1. The van der Waals surface area contributed by atoms with E-state index in [4.69, 9.17) is 9.47 Å². The first-order valence-electron chi connectivity index (χ1n) is 5.65. The van der Waals surface area contributed by atoms with Crippen LogP contribution in [-0.2, 0) is 34.7 Å². The topological polar surface area (TPSA) is 61.8 Å². The Hall–Kier alpha value is -1.03. The van der Waals surface area contributed by atoms with Gasteiger partial charge in [0.1, 0.15) is 11.7 Å². The smallest absolute Gasteiger partial charge is 0.338 e. The summed E-state index contributed by atoms with van der Waals surface area (Å²) in [5, 5.41) is 0. The fourth-order valence-corrected chi connectivity index (χ4v) is 1.23. The van der Waals surface area contributed by atoms with Crippen LogP contribution in [0.15, 0.2) is 24.3 Å². The molecule has 5 nitrogen and oxygen atoms in total. The van der Waals surface area contributed by atoms with Crippen molar-refractivity contribution in [1.29, 1.82) is 0 Å². The first kappa shape index (κ1) is 21.3. The number of hydrogen-bond acceptors (Lipinski definition) is 6. The number of esters is 1. The Morgan fingerprint density at radius 1 is 1.25 bits per heavy atom. The van der Waals surface area contributed by atoms with Gasteiger partial charge in [0.15, 0.2) is 6.79 Å². The number of rotatable bonds is 7. The van der Waals surface area contributed by atoms with Crippen molar-refractivity contribution in [2.24, 2.45) is 0 Å². The van der Waals surface area contributed by atoms with Gasteiger partial charge in [-0.2, -0.15) is 0 Å². The van der Waals surface area contributed by atoms with Crippen LogP contribution in [0.5, 0.6) is 5.75 Å². The van der Waals surface area contributed by atoms with E-state index < -0.39 is 0 Å². The van der Waals surface area contributed by atoms with Crippen LogP contribution in [0.3, 0.4) is 0 Å². The van der Waals surface area contributed by atoms with Crippen molar-refractivity contribution in [2.75, 3.05) is 19.0 Å². The summed E-state index contributed by atoms with van der Waals surface area (Å²) in [5.74, 6) is 0.421. The first-order valence-corrected chi connectivity index (χ1v) is 7.05. The normalized spacial score (nSPS) is 8.35. The molecule has 7 heteroatoms. The van der Waals surface area contributed by atoms with E-state index in [-0.39, 0.29) is 33.2 Å². The zero-order chi connectivity index (χ0) is 14.5. The summed E-state index contributed by atoms with van der Waals surface area (Å²) in [4.78, 5) is 21.2. The van der Waals surface area contributed by atoms with Crippen LogP contribution in [0.2, 0.25) is 0 Å². The van der Waals surface area contributed by atoms with Crippen LogP contribution in [0, 0.1) is 0 Å². The average molecular weight is 472 g/mol. The van der Waals surface area contributed by atoms with E-state index in [1.807, 2.05) is 20.1 Å². The van der Waals surface area contributed by atoms with E-state index in [0.29, 0.717) is 17.3 Å². The van der Waals surface area contributed by atoms with E-state index in [0.717, 1.165) is 0 Å². The van der Waals surface area contributed by atoms with Gasteiger partial charge in [-0.05, 0) is 30.5 Å². The zero-order valence-electron chi connectivity index (χ0n) is 11.6. The van der Waals surface area contributed by atoms with E-state index in [9.17, 15) is 9.59 Å². The summed E-state index contributed by atoms with van der Waals surface area (Å²) >= 11 is 1.42. The van der Waals surface area contributed by atoms with E-state index in [1.165, 1.54) is 18.2 Å². The molecule has 0 unspecified atom stereocenters. The third-order valence-electron chi connectivity index (χ3n) is 1.74. The zero-order valence-corrected chi connectivity index (χ0v) is 15.1. The minimum Gasteiger partial charge on any atom is -0.626 e. The number of ether oxygens (including phenoxy) is 3. The third kappa shape index (κ3) is 8.97. The van der Waals surface area contributed by atoms with E-state index in [1.54, 1.807) is 24.3 Å². The monoisotopic (exact) mass is 472 g/mol. The van der Waals surface area contributed by atoms with Gasteiger partial charge in [0.05, 0.1) is 5.56 Å². The van der Waals surface area contributed by atoms with Gasteiger partial charge < -0.3 is 19.0 Å². The largest absolute Gasteiger partial charge is 0.626 e. The molecule has 20 heavy (non-hydrogen) atoms. The molecule has 1 radical (unpaired) electrons.